The SMILES string of the molecule is O=C(c1n[nH]c2c1CCC2)N1CCC(c2ccccc2)C1. The number of hydrogen-bond donors (Lipinski definition) is 1. The van der Waals surface area contributed by atoms with Gasteiger partial charge in [0, 0.05) is 30.3 Å². The second kappa shape index (κ2) is 5.02. The number of aromatic amines is 1. The number of amides is 1. The molecule has 4 rings (SSSR count). The van der Waals surface area contributed by atoms with Crippen LogP contribution in [0.15, 0.2) is 30.3 Å². The Hall–Kier alpha value is -2.10. The van der Waals surface area contributed by atoms with Gasteiger partial charge < -0.3 is 4.90 Å². The van der Waals surface area contributed by atoms with Gasteiger partial charge in [0.2, 0.25) is 0 Å². The first-order valence-electron chi connectivity index (χ1n) is 7.73. The molecule has 1 N–H and O–H groups in total. The minimum absolute atomic E-state index is 0.104. The number of hydrogen-bond acceptors (Lipinski definition) is 2. The van der Waals surface area contributed by atoms with E-state index < -0.39 is 0 Å². The summed E-state index contributed by atoms with van der Waals surface area (Å²) in [7, 11) is 0. The Morgan fingerprint density at radius 1 is 1.24 bits per heavy atom. The van der Waals surface area contributed by atoms with Crippen molar-refractivity contribution in [1.29, 1.82) is 0 Å². The third kappa shape index (κ3) is 2.15. The van der Waals surface area contributed by atoms with Crippen LogP contribution in [0.5, 0.6) is 0 Å². The zero-order valence-corrected chi connectivity index (χ0v) is 12.0. The molecule has 1 aromatic carbocycles. The van der Waals surface area contributed by atoms with Crippen LogP contribution in [0.3, 0.4) is 0 Å². The number of likely N-dealkylation sites (tertiary alicyclic amines) is 1. The summed E-state index contributed by atoms with van der Waals surface area (Å²) in [6, 6.07) is 10.5. The van der Waals surface area contributed by atoms with E-state index in [0.717, 1.165) is 50.0 Å². The highest BCUT2D eigenvalue weighted by molar-refractivity contribution is 5.94. The van der Waals surface area contributed by atoms with Crippen LogP contribution in [0, 0.1) is 0 Å². The Bertz CT molecular complexity index is 662. The summed E-state index contributed by atoms with van der Waals surface area (Å²) in [5.41, 5.74) is 4.32. The van der Waals surface area contributed by atoms with Crippen LogP contribution in [-0.4, -0.2) is 34.1 Å². The number of aryl methyl sites for hydroxylation is 1. The molecule has 1 fully saturated rings. The number of H-pyrrole nitrogens is 1. The van der Waals surface area contributed by atoms with Gasteiger partial charge in [-0.2, -0.15) is 5.10 Å². The largest absolute Gasteiger partial charge is 0.337 e. The molecule has 1 aliphatic carbocycles. The fourth-order valence-corrected chi connectivity index (χ4v) is 3.59. The van der Waals surface area contributed by atoms with E-state index in [0.29, 0.717) is 11.6 Å². The molecule has 1 aliphatic heterocycles. The van der Waals surface area contributed by atoms with Crippen LogP contribution in [0.25, 0.3) is 0 Å². The molecule has 1 amide bonds. The van der Waals surface area contributed by atoms with E-state index in [2.05, 4.69) is 34.5 Å². The number of aromatic nitrogens is 2. The Morgan fingerprint density at radius 3 is 2.95 bits per heavy atom. The lowest BCUT2D eigenvalue weighted by Crippen LogP contribution is -2.29. The lowest BCUT2D eigenvalue weighted by molar-refractivity contribution is 0.0784. The summed E-state index contributed by atoms with van der Waals surface area (Å²) in [5, 5.41) is 7.30. The normalized spacial score (nSPS) is 20.8. The first-order chi connectivity index (χ1) is 10.3. The summed E-state index contributed by atoms with van der Waals surface area (Å²) in [6.07, 6.45) is 4.20. The summed E-state index contributed by atoms with van der Waals surface area (Å²) in [6.45, 7) is 1.64. The predicted molar refractivity (Wildman–Crippen MR) is 80.3 cm³/mol. The van der Waals surface area contributed by atoms with Crippen LogP contribution in [0.1, 0.15) is 46.1 Å². The van der Waals surface area contributed by atoms with Gasteiger partial charge in [0.15, 0.2) is 5.69 Å². The van der Waals surface area contributed by atoms with Crippen molar-refractivity contribution >= 4 is 5.91 Å². The molecule has 108 valence electrons. The highest BCUT2D eigenvalue weighted by Gasteiger charge is 2.31. The van der Waals surface area contributed by atoms with Crippen molar-refractivity contribution in [2.24, 2.45) is 0 Å². The molecule has 2 aromatic rings. The van der Waals surface area contributed by atoms with Crippen molar-refractivity contribution in [1.82, 2.24) is 15.1 Å². The van der Waals surface area contributed by atoms with Crippen LogP contribution < -0.4 is 0 Å². The molecule has 4 nitrogen and oxygen atoms in total. The first kappa shape index (κ1) is 12.6. The molecule has 1 unspecified atom stereocenters. The Morgan fingerprint density at radius 2 is 2.10 bits per heavy atom. The summed E-state index contributed by atoms with van der Waals surface area (Å²) >= 11 is 0. The maximum atomic E-state index is 12.7. The number of nitrogens with one attached hydrogen (secondary N) is 1. The van der Waals surface area contributed by atoms with Crippen molar-refractivity contribution in [2.75, 3.05) is 13.1 Å². The van der Waals surface area contributed by atoms with Gasteiger partial charge in [-0.1, -0.05) is 30.3 Å². The lowest BCUT2D eigenvalue weighted by atomic mass is 9.99. The molecule has 1 saturated heterocycles. The maximum Gasteiger partial charge on any atom is 0.274 e. The Labute approximate surface area is 124 Å². The van der Waals surface area contributed by atoms with E-state index in [-0.39, 0.29) is 5.91 Å². The predicted octanol–water partition coefficient (Wildman–Crippen LogP) is 2.53. The molecule has 1 aromatic heterocycles. The summed E-state index contributed by atoms with van der Waals surface area (Å²) in [4.78, 5) is 14.7. The average molecular weight is 281 g/mol. The third-order valence-electron chi connectivity index (χ3n) is 4.76. The molecule has 0 saturated carbocycles. The van der Waals surface area contributed by atoms with Gasteiger partial charge in [-0.3, -0.25) is 9.89 Å². The molecule has 21 heavy (non-hydrogen) atoms. The standard InChI is InChI=1S/C17H19N3O/c21-17(16-14-7-4-8-15(14)18-19-16)20-10-9-13(11-20)12-5-2-1-3-6-12/h1-3,5-6,13H,4,7-11H2,(H,18,19). The van der Waals surface area contributed by atoms with E-state index in [1.165, 1.54) is 5.56 Å². The molecule has 0 radical (unpaired) electrons. The van der Waals surface area contributed by atoms with Gasteiger partial charge in [0.1, 0.15) is 0 Å². The number of carbonyl (C=O) groups excluding carboxylic acids is 1. The van der Waals surface area contributed by atoms with Crippen LogP contribution >= 0.6 is 0 Å². The van der Waals surface area contributed by atoms with E-state index >= 15 is 0 Å². The fraction of sp³-hybridized carbons (Fsp3) is 0.412. The van der Waals surface area contributed by atoms with E-state index in [1.54, 1.807) is 0 Å². The van der Waals surface area contributed by atoms with Gasteiger partial charge in [-0.05, 0) is 31.2 Å². The molecular formula is C17H19N3O. The van der Waals surface area contributed by atoms with Crippen LogP contribution in [0.4, 0.5) is 0 Å². The Balaban J connectivity index is 1.51. The van der Waals surface area contributed by atoms with Gasteiger partial charge in [0.05, 0.1) is 0 Å². The second-order valence-electron chi connectivity index (χ2n) is 6.03. The van der Waals surface area contributed by atoms with E-state index in [4.69, 9.17) is 0 Å². The topological polar surface area (TPSA) is 49.0 Å². The minimum Gasteiger partial charge on any atom is -0.337 e. The maximum absolute atomic E-state index is 12.7. The van der Waals surface area contributed by atoms with Gasteiger partial charge in [0.25, 0.3) is 5.91 Å². The fourth-order valence-electron chi connectivity index (χ4n) is 3.59. The average Bonchev–Trinajstić information content (AvgIpc) is 3.23. The number of carbonyl (C=O) groups is 1. The second-order valence-corrected chi connectivity index (χ2v) is 6.03. The zero-order valence-electron chi connectivity index (χ0n) is 12.0. The molecule has 0 bridgehead atoms. The molecule has 4 heteroatoms. The van der Waals surface area contributed by atoms with Crippen molar-refractivity contribution < 1.29 is 4.79 Å². The van der Waals surface area contributed by atoms with E-state index in [9.17, 15) is 4.79 Å². The first-order valence-corrected chi connectivity index (χ1v) is 7.73. The lowest BCUT2D eigenvalue weighted by Gasteiger charge is -2.16. The van der Waals surface area contributed by atoms with Gasteiger partial charge in [-0.15, -0.1) is 0 Å². The quantitative estimate of drug-likeness (QED) is 0.919. The smallest absolute Gasteiger partial charge is 0.274 e. The highest BCUT2D eigenvalue weighted by atomic mass is 16.2. The number of rotatable bonds is 2. The molecular weight excluding hydrogens is 262 g/mol. The van der Waals surface area contributed by atoms with E-state index in [1.807, 2.05) is 11.0 Å². The monoisotopic (exact) mass is 281 g/mol. The minimum atomic E-state index is 0.104. The zero-order chi connectivity index (χ0) is 14.2. The van der Waals surface area contributed by atoms with Crippen LogP contribution in [0.2, 0.25) is 0 Å². The molecule has 0 spiro atoms. The molecule has 2 aliphatic rings. The van der Waals surface area contributed by atoms with Crippen molar-refractivity contribution in [3.63, 3.8) is 0 Å². The number of nitrogens with zero attached hydrogens (tertiary/aromatic N) is 2. The number of benzene rings is 1. The summed E-state index contributed by atoms with van der Waals surface area (Å²) in [5.74, 6) is 0.565. The third-order valence-corrected chi connectivity index (χ3v) is 4.76. The molecule has 1 atom stereocenters. The Kier molecular flexibility index (Phi) is 3.02. The van der Waals surface area contributed by atoms with Crippen molar-refractivity contribution in [2.45, 2.75) is 31.6 Å². The summed E-state index contributed by atoms with van der Waals surface area (Å²) < 4.78 is 0. The molecule has 2 heterocycles. The van der Waals surface area contributed by atoms with Crippen molar-refractivity contribution in [3.05, 3.63) is 52.8 Å². The van der Waals surface area contributed by atoms with Crippen molar-refractivity contribution in [3.8, 4) is 0 Å². The van der Waals surface area contributed by atoms with Gasteiger partial charge in [-0.25, -0.2) is 0 Å². The van der Waals surface area contributed by atoms with Gasteiger partial charge >= 0.3 is 0 Å². The number of fused-ring (bicyclic) bond motifs is 1. The highest BCUT2D eigenvalue weighted by Crippen LogP contribution is 2.29. The van der Waals surface area contributed by atoms with Crippen LogP contribution in [-0.2, 0) is 12.8 Å².